The number of fused-ring (bicyclic) bond motifs is 1. The number of hydrogen-bond acceptors (Lipinski definition) is 4. The third-order valence-electron chi connectivity index (χ3n) is 4.41. The first-order valence-electron chi connectivity index (χ1n) is 8.12. The molecule has 1 amide bonds. The summed E-state index contributed by atoms with van der Waals surface area (Å²) >= 11 is 1.39. The SMILES string of the molecule is CCc1nnc(SCC(=O)N2c3ccc(F)cc3CCC2C)n1C. The Morgan fingerprint density at radius 2 is 2.21 bits per heavy atom. The Morgan fingerprint density at radius 1 is 1.42 bits per heavy atom. The second-order valence-electron chi connectivity index (χ2n) is 6.02. The smallest absolute Gasteiger partial charge is 0.237 e. The van der Waals surface area contributed by atoms with E-state index in [-0.39, 0.29) is 23.5 Å². The van der Waals surface area contributed by atoms with Gasteiger partial charge in [0.2, 0.25) is 5.91 Å². The van der Waals surface area contributed by atoms with E-state index in [0.29, 0.717) is 0 Å². The van der Waals surface area contributed by atoms with Crippen LogP contribution in [0.3, 0.4) is 0 Å². The van der Waals surface area contributed by atoms with Gasteiger partial charge in [-0.2, -0.15) is 0 Å². The molecule has 1 atom stereocenters. The number of carbonyl (C=O) groups excluding carboxylic acids is 1. The van der Waals surface area contributed by atoms with Gasteiger partial charge in [-0.15, -0.1) is 10.2 Å². The van der Waals surface area contributed by atoms with E-state index in [0.717, 1.165) is 41.5 Å². The summed E-state index contributed by atoms with van der Waals surface area (Å²) in [5.41, 5.74) is 1.73. The van der Waals surface area contributed by atoms with Crippen LogP contribution in [0, 0.1) is 5.82 Å². The molecule has 128 valence electrons. The molecule has 2 heterocycles. The number of thioether (sulfide) groups is 1. The fourth-order valence-electron chi connectivity index (χ4n) is 3.07. The first kappa shape index (κ1) is 17.0. The molecule has 0 bridgehead atoms. The van der Waals surface area contributed by atoms with Crippen LogP contribution in [-0.4, -0.2) is 32.5 Å². The van der Waals surface area contributed by atoms with Crippen molar-refractivity contribution in [3.8, 4) is 0 Å². The van der Waals surface area contributed by atoms with Crippen LogP contribution in [0.25, 0.3) is 0 Å². The molecule has 1 unspecified atom stereocenters. The maximum atomic E-state index is 13.4. The van der Waals surface area contributed by atoms with Crippen LogP contribution in [0.15, 0.2) is 23.4 Å². The second-order valence-corrected chi connectivity index (χ2v) is 6.97. The van der Waals surface area contributed by atoms with Crippen LogP contribution in [0.2, 0.25) is 0 Å². The number of carbonyl (C=O) groups is 1. The van der Waals surface area contributed by atoms with Crippen molar-refractivity contribution in [1.82, 2.24) is 14.8 Å². The van der Waals surface area contributed by atoms with E-state index in [1.807, 2.05) is 25.5 Å². The highest BCUT2D eigenvalue weighted by Crippen LogP contribution is 2.32. The van der Waals surface area contributed by atoms with Crippen LogP contribution in [0.4, 0.5) is 10.1 Å². The highest BCUT2D eigenvalue weighted by molar-refractivity contribution is 7.99. The summed E-state index contributed by atoms with van der Waals surface area (Å²) < 4.78 is 15.4. The van der Waals surface area contributed by atoms with Crippen molar-refractivity contribution in [3.05, 3.63) is 35.4 Å². The van der Waals surface area contributed by atoms with Crippen molar-refractivity contribution in [2.45, 2.75) is 44.3 Å². The van der Waals surface area contributed by atoms with Gasteiger partial charge in [-0.25, -0.2) is 4.39 Å². The lowest BCUT2D eigenvalue weighted by Gasteiger charge is -2.35. The van der Waals surface area contributed by atoms with Crippen molar-refractivity contribution in [3.63, 3.8) is 0 Å². The molecular formula is C17H21FN4OS. The Hall–Kier alpha value is -1.89. The zero-order valence-electron chi connectivity index (χ0n) is 14.1. The van der Waals surface area contributed by atoms with Crippen molar-refractivity contribution in [1.29, 1.82) is 0 Å². The van der Waals surface area contributed by atoms with Crippen molar-refractivity contribution in [2.24, 2.45) is 7.05 Å². The summed E-state index contributed by atoms with van der Waals surface area (Å²) in [6.07, 6.45) is 2.45. The van der Waals surface area contributed by atoms with Crippen LogP contribution in [0.1, 0.15) is 31.7 Å². The number of halogens is 1. The highest BCUT2D eigenvalue weighted by Gasteiger charge is 2.28. The van der Waals surface area contributed by atoms with Crippen molar-refractivity contribution < 1.29 is 9.18 Å². The molecule has 1 aliphatic rings. The Kier molecular flexibility index (Phi) is 4.89. The molecular weight excluding hydrogens is 327 g/mol. The topological polar surface area (TPSA) is 51.0 Å². The fraction of sp³-hybridized carbons (Fsp3) is 0.471. The maximum Gasteiger partial charge on any atom is 0.237 e. The normalized spacial score (nSPS) is 17.0. The third-order valence-corrected chi connectivity index (χ3v) is 5.41. The van der Waals surface area contributed by atoms with Gasteiger partial charge in [0.25, 0.3) is 0 Å². The Balaban J connectivity index is 1.76. The van der Waals surface area contributed by atoms with Gasteiger partial charge in [-0.1, -0.05) is 18.7 Å². The van der Waals surface area contributed by atoms with Crippen LogP contribution >= 0.6 is 11.8 Å². The van der Waals surface area contributed by atoms with E-state index in [1.54, 1.807) is 11.0 Å². The first-order chi connectivity index (χ1) is 11.5. The zero-order chi connectivity index (χ0) is 17.3. The molecule has 2 aromatic rings. The molecule has 0 spiro atoms. The minimum Gasteiger partial charge on any atom is -0.309 e. The maximum absolute atomic E-state index is 13.4. The van der Waals surface area contributed by atoms with Gasteiger partial charge in [0.05, 0.1) is 5.75 Å². The molecule has 0 radical (unpaired) electrons. The predicted molar refractivity (Wildman–Crippen MR) is 92.8 cm³/mol. The van der Waals surface area contributed by atoms with Crippen LogP contribution < -0.4 is 4.90 Å². The molecule has 1 aliphatic heterocycles. The molecule has 0 fully saturated rings. The van der Waals surface area contributed by atoms with Crippen molar-refractivity contribution >= 4 is 23.4 Å². The predicted octanol–water partition coefficient (Wildman–Crippen LogP) is 2.98. The summed E-state index contributed by atoms with van der Waals surface area (Å²) in [5, 5.41) is 8.99. The van der Waals surface area contributed by atoms with E-state index in [4.69, 9.17) is 0 Å². The lowest BCUT2D eigenvalue weighted by Crippen LogP contribution is -2.43. The number of amides is 1. The van der Waals surface area contributed by atoms with Crippen molar-refractivity contribution in [2.75, 3.05) is 10.7 Å². The third kappa shape index (κ3) is 3.17. The summed E-state index contributed by atoms with van der Waals surface area (Å²) in [6, 6.07) is 4.77. The van der Waals surface area contributed by atoms with E-state index in [1.165, 1.54) is 23.9 Å². The van der Waals surface area contributed by atoms with Gasteiger partial charge in [0.15, 0.2) is 5.16 Å². The fourth-order valence-corrected chi connectivity index (χ4v) is 3.86. The number of rotatable bonds is 4. The molecule has 5 nitrogen and oxygen atoms in total. The minimum atomic E-state index is -0.253. The quantitative estimate of drug-likeness (QED) is 0.797. The molecule has 0 saturated heterocycles. The van der Waals surface area contributed by atoms with Crippen LogP contribution in [-0.2, 0) is 24.7 Å². The summed E-state index contributed by atoms with van der Waals surface area (Å²) in [4.78, 5) is 14.6. The average Bonchev–Trinajstić information content (AvgIpc) is 2.92. The van der Waals surface area contributed by atoms with Gasteiger partial charge in [-0.3, -0.25) is 4.79 Å². The lowest BCUT2D eigenvalue weighted by molar-refractivity contribution is -0.116. The molecule has 0 N–H and O–H groups in total. The van der Waals surface area contributed by atoms with Gasteiger partial charge in [0, 0.05) is 25.2 Å². The number of anilines is 1. The number of benzene rings is 1. The van der Waals surface area contributed by atoms with E-state index < -0.39 is 0 Å². The molecule has 1 aromatic heterocycles. The van der Waals surface area contributed by atoms with Gasteiger partial charge in [-0.05, 0) is 43.5 Å². The number of aryl methyl sites for hydroxylation is 2. The van der Waals surface area contributed by atoms with E-state index >= 15 is 0 Å². The van der Waals surface area contributed by atoms with Gasteiger partial charge in [0.1, 0.15) is 11.6 Å². The summed E-state index contributed by atoms with van der Waals surface area (Å²) in [7, 11) is 1.91. The standard InChI is InChI=1S/C17H21FN4OS/c1-4-15-19-20-17(21(15)3)24-10-16(23)22-11(2)5-6-12-9-13(18)7-8-14(12)22/h7-9,11H,4-6,10H2,1-3H3. The zero-order valence-corrected chi connectivity index (χ0v) is 14.9. The average molecular weight is 348 g/mol. The molecule has 1 aromatic carbocycles. The largest absolute Gasteiger partial charge is 0.309 e. The van der Waals surface area contributed by atoms with E-state index in [9.17, 15) is 9.18 Å². The summed E-state index contributed by atoms with van der Waals surface area (Å²) in [6.45, 7) is 4.06. The molecule has 7 heteroatoms. The summed E-state index contributed by atoms with van der Waals surface area (Å²) in [5.74, 6) is 0.950. The monoisotopic (exact) mass is 348 g/mol. The number of nitrogens with zero attached hydrogens (tertiary/aromatic N) is 4. The van der Waals surface area contributed by atoms with Gasteiger partial charge < -0.3 is 9.47 Å². The molecule has 3 rings (SSSR count). The lowest BCUT2D eigenvalue weighted by atomic mass is 9.96. The Bertz CT molecular complexity index is 761. The highest BCUT2D eigenvalue weighted by atomic mass is 32.2. The second kappa shape index (κ2) is 6.93. The van der Waals surface area contributed by atoms with E-state index in [2.05, 4.69) is 10.2 Å². The minimum absolute atomic E-state index is 0.0149. The Morgan fingerprint density at radius 3 is 2.92 bits per heavy atom. The number of aromatic nitrogens is 3. The van der Waals surface area contributed by atoms with Gasteiger partial charge >= 0.3 is 0 Å². The first-order valence-corrected chi connectivity index (χ1v) is 9.11. The number of hydrogen-bond donors (Lipinski definition) is 0. The molecule has 0 aliphatic carbocycles. The molecule has 24 heavy (non-hydrogen) atoms. The van der Waals surface area contributed by atoms with Crippen LogP contribution in [0.5, 0.6) is 0 Å². The Labute approximate surface area is 145 Å². The molecule has 0 saturated carbocycles.